The second kappa shape index (κ2) is 6.00. The average Bonchev–Trinajstić information content (AvgIpc) is 2.21. The third-order valence-corrected chi connectivity index (χ3v) is 2.29. The summed E-state index contributed by atoms with van der Waals surface area (Å²) in [6.07, 6.45) is 2.65. The number of hydrogen-bond acceptors (Lipinski definition) is 5. The molecule has 0 fully saturated rings. The zero-order valence-corrected chi connectivity index (χ0v) is 9.37. The Morgan fingerprint density at radius 1 is 1.59 bits per heavy atom. The third kappa shape index (κ3) is 4.64. The fourth-order valence-corrected chi connectivity index (χ4v) is 1.44. The van der Waals surface area contributed by atoms with Crippen molar-refractivity contribution in [3.8, 4) is 0 Å². The Bertz CT molecular complexity index is 443. The summed E-state index contributed by atoms with van der Waals surface area (Å²) in [5.74, 6) is -0.672. The Hall–Kier alpha value is -1.89. The molecule has 1 atom stereocenters. The molecule has 0 spiro atoms. The zero-order valence-electron chi connectivity index (χ0n) is 9.37. The van der Waals surface area contributed by atoms with Crippen molar-refractivity contribution in [2.45, 2.75) is 31.8 Å². The minimum absolute atomic E-state index is 0.0859. The molecule has 0 aliphatic heterocycles. The van der Waals surface area contributed by atoms with E-state index in [0.29, 0.717) is 19.4 Å². The molecule has 94 valence electrons. The molecule has 1 heterocycles. The second-order valence-corrected chi connectivity index (χ2v) is 3.83. The monoisotopic (exact) mass is 240 g/mol. The van der Waals surface area contributed by atoms with Crippen molar-refractivity contribution in [1.29, 1.82) is 0 Å². The summed E-state index contributed by atoms with van der Waals surface area (Å²) in [5, 5.41) is 8.47. The van der Waals surface area contributed by atoms with Crippen molar-refractivity contribution in [3.63, 3.8) is 0 Å². The number of aromatic nitrogens is 2. The van der Waals surface area contributed by atoms with Crippen LogP contribution in [0.5, 0.6) is 0 Å². The number of nitrogen functional groups attached to an aromatic ring is 1. The van der Waals surface area contributed by atoms with E-state index in [1.807, 2.05) is 0 Å². The predicted molar refractivity (Wildman–Crippen MR) is 62.4 cm³/mol. The van der Waals surface area contributed by atoms with Crippen LogP contribution in [0.4, 0.5) is 5.82 Å². The molecular formula is C10H16N4O3. The zero-order chi connectivity index (χ0) is 12.8. The summed E-state index contributed by atoms with van der Waals surface area (Å²) in [5.41, 5.74) is 10.7. The molecule has 17 heavy (non-hydrogen) atoms. The lowest BCUT2D eigenvalue weighted by atomic mass is 10.1. The van der Waals surface area contributed by atoms with Crippen LogP contribution in [0.1, 0.15) is 19.3 Å². The number of hydrogen-bond donors (Lipinski definition) is 3. The highest BCUT2D eigenvalue weighted by Gasteiger charge is 2.07. The van der Waals surface area contributed by atoms with Crippen LogP contribution in [0.2, 0.25) is 0 Å². The Morgan fingerprint density at radius 3 is 2.88 bits per heavy atom. The summed E-state index contributed by atoms with van der Waals surface area (Å²) in [6, 6.07) is 1.25. The minimum Gasteiger partial charge on any atom is -0.481 e. The van der Waals surface area contributed by atoms with E-state index < -0.39 is 11.7 Å². The van der Waals surface area contributed by atoms with Crippen molar-refractivity contribution in [2.75, 3.05) is 5.73 Å². The Labute approximate surface area is 98.1 Å². The van der Waals surface area contributed by atoms with Crippen LogP contribution >= 0.6 is 0 Å². The lowest BCUT2D eigenvalue weighted by Crippen LogP contribution is -2.33. The van der Waals surface area contributed by atoms with Gasteiger partial charge in [0.05, 0.1) is 0 Å². The minimum atomic E-state index is -0.844. The summed E-state index contributed by atoms with van der Waals surface area (Å²) in [4.78, 5) is 25.3. The molecule has 0 saturated heterocycles. The molecule has 0 unspecified atom stereocenters. The number of nitrogens with zero attached hydrogens (tertiary/aromatic N) is 2. The van der Waals surface area contributed by atoms with Gasteiger partial charge in [-0.05, 0) is 18.9 Å². The maximum Gasteiger partial charge on any atom is 0.349 e. The van der Waals surface area contributed by atoms with Gasteiger partial charge >= 0.3 is 11.7 Å². The van der Waals surface area contributed by atoms with Crippen LogP contribution in [0.25, 0.3) is 0 Å². The Morgan fingerprint density at radius 2 is 2.29 bits per heavy atom. The van der Waals surface area contributed by atoms with Gasteiger partial charge in [-0.25, -0.2) is 4.79 Å². The third-order valence-electron chi connectivity index (χ3n) is 2.29. The maximum absolute atomic E-state index is 11.4. The number of carboxylic acids is 1. The van der Waals surface area contributed by atoms with Crippen molar-refractivity contribution < 1.29 is 9.90 Å². The lowest BCUT2D eigenvalue weighted by molar-refractivity contribution is -0.137. The molecule has 7 nitrogen and oxygen atoms in total. The smallest absolute Gasteiger partial charge is 0.349 e. The van der Waals surface area contributed by atoms with Crippen molar-refractivity contribution in [1.82, 2.24) is 9.55 Å². The first-order valence-electron chi connectivity index (χ1n) is 5.29. The predicted octanol–water partition coefficient (Wildman–Crippen LogP) is -0.592. The van der Waals surface area contributed by atoms with Crippen LogP contribution in [-0.2, 0) is 11.3 Å². The van der Waals surface area contributed by atoms with E-state index in [1.165, 1.54) is 16.8 Å². The van der Waals surface area contributed by atoms with Crippen LogP contribution in [0, 0.1) is 0 Å². The van der Waals surface area contributed by atoms with Gasteiger partial charge in [0.25, 0.3) is 0 Å². The Kier molecular flexibility index (Phi) is 4.65. The Balaban J connectivity index is 2.47. The first-order chi connectivity index (χ1) is 7.99. The van der Waals surface area contributed by atoms with E-state index in [0.717, 1.165) is 0 Å². The summed E-state index contributed by atoms with van der Waals surface area (Å²) >= 11 is 0. The number of rotatable bonds is 6. The maximum atomic E-state index is 11.4. The highest BCUT2D eigenvalue weighted by molar-refractivity contribution is 5.66. The van der Waals surface area contributed by atoms with Gasteiger partial charge in [-0.2, -0.15) is 4.98 Å². The van der Waals surface area contributed by atoms with Crippen molar-refractivity contribution >= 4 is 11.8 Å². The molecule has 0 saturated carbocycles. The summed E-state index contributed by atoms with van der Waals surface area (Å²) < 4.78 is 1.36. The van der Waals surface area contributed by atoms with Gasteiger partial charge < -0.3 is 16.6 Å². The topological polar surface area (TPSA) is 124 Å². The van der Waals surface area contributed by atoms with Crippen LogP contribution in [0.3, 0.4) is 0 Å². The number of nitrogens with two attached hydrogens (primary N) is 2. The molecule has 0 amide bonds. The number of carbonyl (C=O) groups is 1. The summed E-state index contributed by atoms with van der Waals surface area (Å²) in [7, 11) is 0. The molecule has 0 aliphatic rings. The molecule has 0 bridgehead atoms. The van der Waals surface area contributed by atoms with E-state index in [-0.39, 0.29) is 18.3 Å². The van der Waals surface area contributed by atoms with Crippen LogP contribution < -0.4 is 17.2 Å². The number of anilines is 1. The first-order valence-corrected chi connectivity index (χ1v) is 5.29. The highest BCUT2D eigenvalue weighted by atomic mass is 16.4. The van der Waals surface area contributed by atoms with Gasteiger partial charge in [-0.1, -0.05) is 0 Å². The molecule has 1 aromatic heterocycles. The molecular weight excluding hydrogens is 224 g/mol. The molecule has 0 radical (unpaired) electrons. The average molecular weight is 240 g/mol. The van der Waals surface area contributed by atoms with E-state index in [4.69, 9.17) is 16.6 Å². The van der Waals surface area contributed by atoms with E-state index in [2.05, 4.69) is 4.98 Å². The number of carboxylic acid groups (broad SMARTS) is 1. The first kappa shape index (κ1) is 13.2. The van der Waals surface area contributed by atoms with Crippen molar-refractivity contribution in [3.05, 3.63) is 22.7 Å². The van der Waals surface area contributed by atoms with Crippen LogP contribution in [-0.4, -0.2) is 26.7 Å². The quantitative estimate of drug-likeness (QED) is 0.610. The molecule has 0 aliphatic carbocycles. The van der Waals surface area contributed by atoms with E-state index >= 15 is 0 Å². The molecule has 7 heteroatoms. The molecule has 0 aromatic carbocycles. The van der Waals surface area contributed by atoms with Gasteiger partial charge in [0.2, 0.25) is 0 Å². The van der Waals surface area contributed by atoms with Gasteiger partial charge in [0.15, 0.2) is 0 Å². The van der Waals surface area contributed by atoms with E-state index in [1.54, 1.807) is 0 Å². The lowest BCUT2D eigenvalue weighted by Gasteiger charge is -2.12. The van der Waals surface area contributed by atoms with Gasteiger partial charge in [-0.3, -0.25) is 9.36 Å². The van der Waals surface area contributed by atoms with Crippen LogP contribution in [0.15, 0.2) is 17.1 Å². The van der Waals surface area contributed by atoms with Gasteiger partial charge in [0, 0.05) is 25.2 Å². The molecule has 1 rings (SSSR count). The van der Waals surface area contributed by atoms with Gasteiger partial charge in [0.1, 0.15) is 5.82 Å². The van der Waals surface area contributed by atoms with E-state index in [9.17, 15) is 9.59 Å². The molecule has 5 N–H and O–H groups in total. The molecule has 1 aromatic rings. The standard InChI is InChI=1S/C10H16N4O3/c11-7(2-1-3-9(15)16)6-14-5-4-8(12)13-10(14)17/h4-5,7H,1-3,6,11H2,(H,15,16)(H2,12,13,17)/t7-/m0/s1. The van der Waals surface area contributed by atoms with Crippen molar-refractivity contribution in [2.24, 2.45) is 5.73 Å². The highest BCUT2D eigenvalue weighted by Crippen LogP contribution is 2.01. The number of aliphatic carboxylic acids is 1. The fourth-order valence-electron chi connectivity index (χ4n) is 1.44. The fraction of sp³-hybridized carbons (Fsp3) is 0.500. The normalized spacial score (nSPS) is 12.3. The summed E-state index contributed by atoms with van der Waals surface area (Å²) in [6.45, 7) is 0.311. The second-order valence-electron chi connectivity index (χ2n) is 3.83. The van der Waals surface area contributed by atoms with Gasteiger partial charge in [-0.15, -0.1) is 0 Å². The SMILES string of the molecule is Nc1ccn(C[C@@H](N)CCCC(=O)O)c(=O)n1. The largest absolute Gasteiger partial charge is 0.481 e.